The molecule has 0 fully saturated rings. The molecule has 0 aliphatic rings. The zero-order chi connectivity index (χ0) is 12.0. The van der Waals surface area contributed by atoms with E-state index in [4.69, 9.17) is 16.3 Å². The molecule has 0 radical (unpaired) electrons. The number of rotatable bonds is 6. The predicted octanol–water partition coefficient (Wildman–Crippen LogP) is 4.00. The zero-order valence-corrected chi connectivity index (χ0v) is 9.94. The summed E-state index contributed by atoms with van der Waals surface area (Å²) in [5.41, 5.74) is 0. The van der Waals surface area contributed by atoms with Gasteiger partial charge in [-0.1, -0.05) is 6.92 Å². The molecule has 1 rings (SSSR count). The van der Waals surface area contributed by atoms with Crippen LogP contribution in [0.3, 0.4) is 0 Å². The fraction of sp³-hybridized carbons (Fsp3) is 0.500. The van der Waals surface area contributed by atoms with E-state index in [0.29, 0.717) is 18.4 Å². The molecule has 16 heavy (non-hydrogen) atoms. The Kier molecular flexibility index (Phi) is 5.53. The highest BCUT2D eigenvalue weighted by molar-refractivity contribution is 6.17. The Morgan fingerprint density at radius 3 is 2.38 bits per heavy atom. The van der Waals surface area contributed by atoms with Gasteiger partial charge >= 0.3 is 0 Å². The fourth-order valence-electron chi connectivity index (χ4n) is 1.32. The largest absolute Gasteiger partial charge is 0.493 e. The Morgan fingerprint density at radius 2 is 1.81 bits per heavy atom. The summed E-state index contributed by atoms with van der Waals surface area (Å²) in [5.74, 6) is 0.0644. The van der Waals surface area contributed by atoms with Crippen LogP contribution in [0.4, 0.5) is 8.78 Å². The van der Waals surface area contributed by atoms with Gasteiger partial charge in [-0.05, 0) is 18.8 Å². The van der Waals surface area contributed by atoms with Gasteiger partial charge in [0.2, 0.25) is 0 Å². The van der Waals surface area contributed by atoms with Crippen LogP contribution in [-0.4, -0.2) is 12.5 Å². The van der Waals surface area contributed by atoms with Gasteiger partial charge in [-0.25, -0.2) is 8.78 Å². The van der Waals surface area contributed by atoms with Crippen LogP contribution in [0, 0.1) is 17.6 Å². The van der Waals surface area contributed by atoms with Crippen molar-refractivity contribution in [2.45, 2.75) is 19.8 Å². The highest BCUT2D eigenvalue weighted by Crippen LogP contribution is 2.16. The van der Waals surface area contributed by atoms with Gasteiger partial charge in [-0.3, -0.25) is 0 Å². The van der Waals surface area contributed by atoms with E-state index in [1.54, 1.807) is 0 Å². The Labute approximate surface area is 99.4 Å². The van der Waals surface area contributed by atoms with Crippen molar-refractivity contribution >= 4 is 11.6 Å². The van der Waals surface area contributed by atoms with Crippen molar-refractivity contribution in [1.82, 2.24) is 0 Å². The highest BCUT2D eigenvalue weighted by atomic mass is 35.5. The first kappa shape index (κ1) is 13.2. The van der Waals surface area contributed by atoms with E-state index in [1.807, 2.05) is 0 Å². The first-order valence-corrected chi connectivity index (χ1v) is 5.80. The van der Waals surface area contributed by atoms with Crippen molar-refractivity contribution in [3.8, 4) is 5.75 Å². The van der Waals surface area contributed by atoms with E-state index in [2.05, 4.69) is 6.92 Å². The first-order chi connectivity index (χ1) is 7.61. The molecule has 1 aromatic carbocycles. The lowest BCUT2D eigenvalue weighted by Gasteiger charge is -2.10. The van der Waals surface area contributed by atoms with Crippen molar-refractivity contribution in [2.24, 2.45) is 5.92 Å². The number of benzene rings is 1. The molecule has 1 aromatic rings. The zero-order valence-electron chi connectivity index (χ0n) is 9.18. The maximum absolute atomic E-state index is 12.8. The minimum atomic E-state index is -0.621. The standard InChI is InChI=1S/C12H15ClF2O/c1-9(2-4-13)3-5-16-12-7-10(14)6-11(15)8-12/h6-9H,2-5H2,1H3. The molecule has 1 nitrogen and oxygen atoms in total. The Bertz CT molecular complexity index is 311. The van der Waals surface area contributed by atoms with Gasteiger partial charge in [-0.2, -0.15) is 0 Å². The summed E-state index contributed by atoms with van der Waals surface area (Å²) in [6.45, 7) is 2.51. The molecular formula is C12H15ClF2O. The summed E-state index contributed by atoms with van der Waals surface area (Å²) in [6.07, 6.45) is 1.74. The van der Waals surface area contributed by atoms with Crippen LogP contribution < -0.4 is 4.74 Å². The lowest BCUT2D eigenvalue weighted by molar-refractivity contribution is 0.279. The van der Waals surface area contributed by atoms with Crippen molar-refractivity contribution in [1.29, 1.82) is 0 Å². The summed E-state index contributed by atoms with van der Waals surface area (Å²) in [6, 6.07) is 3.17. The van der Waals surface area contributed by atoms with Gasteiger partial charge in [0.05, 0.1) is 6.61 Å². The molecule has 0 aliphatic heterocycles. The second kappa shape index (κ2) is 6.69. The van der Waals surface area contributed by atoms with Crippen molar-refractivity contribution in [3.05, 3.63) is 29.8 Å². The van der Waals surface area contributed by atoms with E-state index in [0.717, 1.165) is 18.9 Å². The van der Waals surface area contributed by atoms with E-state index in [-0.39, 0.29) is 5.75 Å². The SMILES string of the molecule is CC(CCCl)CCOc1cc(F)cc(F)c1. The van der Waals surface area contributed by atoms with Crippen LogP contribution >= 0.6 is 11.6 Å². The van der Waals surface area contributed by atoms with Crippen molar-refractivity contribution < 1.29 is 13.5 Å². The molecule has 4 heteroatoms. The van der Waals surface area contributed by atoms with Crippen LogP contribution in [-0.2, 0) is 0 Å². The van der Waals surface area contributed by atoms with Crippen LogP contribution in [0.1, 0.15) is 19.8 Å². The van der Waals surface area contributed by atoms with Crippen LogP contribution in [0.5, 0.6) is 5.75 Å². The second-order valence-electron chi connectivity index (χ2n) is 3.83. The third kappa shape index (κ3) is 4.79. The molecule has 0 bridgehead atoms. The Balaban J connectivity index is 2.37. The smallest absolute Gasteiger partial charge is 0.129 e. The van der Waals surface area contributed by atoms with E-state index >= 15 is 0 Å². The predicted molar refractivity (Wildman–Crippen MR) is 61.0 cm³/mol. The van der Waals surface area contributed by atoms with E-state index in [9.17, 15) is 8.78 Å². The summed E-state index contributed by atoms with van der Waals surface area (Å²) in [7, 11) is 0. The van der Waals surface area contributed by atoms with Gasteiger partial charge in [0.15, 0.2) is 0 Å². The van der Waals surface area contributed by atoms with Gasteiger partial charge in [0.1, 0.15) is 17.4 Å². The Morgan fingerprint density at radius 1 is 1.19 bits per heavy atom. The average Bonchev–Trinajstić information content (AvgIpc) is 2.16. The average molecular weight is 249 g/mol. The van der Waals surface area contributed by atoms with Crippen LogP contribution in [0.25, 0.3) is 0 Å². The number of ether oxygens (including phenoxy) is 1. The summed E-state index contributed by atoms with van der Waals surface area (Å²) in [4.78, 5) is 0. The lowest BCUT2D eigenvalue weighted by Crippen LogP contribution is -2.05. The number of halogens is 3. The molecule has 1 unspecified atom stereocenters. The third-order valence-electron chi connectivity index (χ3n) is 2.32. The van der Waals surface area contributed by atoms with E-state index < -0.39 is 11.6 Å². The Hall–Kier alpha value is -0.830. The molecule has 0 saturated carbocycles. The van der Waals surface area contributed by atoms with E-state index in [1.165, 1.54) is 12.1 Å². The summed E-state index contributed by atoms with van der Waals surface area (Å²) >= 11 is 5.59. The molecule has 0 aliphatic carbocycles. The summed E-state index contributed by atoms with van der Waals surface area (Å²) < 4.78 is 30.9. The molecular weight excluding hydrogens is 234 g/mol. The number of hydrogen-bond acceptors (Lipinski definition) is 1. The third-order valence-corrected chi connectivity index (χ3v) is 2.54. The maximum Gasteiger partial charge on any atom is 0.129 e. The summed E-state index contributed by atoms with van der Waals surface area (Å²) in [5, 5.41) is 0. The lowest BCUT2D eigenvalue weighted by atomic mass is 10.1. The van der Waals surface area contributed by atoms with Crippen molar-refractivity contribution in [3.63, 3.8) is 0 Å². The molecule has 0 N–H and O–H groups in total. The van der Waals surface area contributed by atoms with Gasteiger partial charge in [0.25, 0.3) is 0 Å². The molecule has 0 amide bonds. The molecule has 0 aromatic heterocycles. The quantitative estimate of drug-likeness (QED) is 0.692. The van der Waals surface area contributed by atoms with Crippen LogP contribution in [0.2, 0.25) is 0 Å². The molecule has 0 spiro atoms. The minimum absolute atomic E-state index is 0.232. The molecule has 0 saturated heterocycles. The topological polar surface area (TPSA) is 9.23 Å². The van der Waals surface area contributed by atoms with Gasteiger partial charge in [-0.15, -0.1) is 11.6 Å². The van der Waals surface area contributed by atoms with Gasteiger partial charge < -0.3 is 4.74 Å². The monoisotopic (exact) mass is 248 g/mol. The molecule has 0 heterocycles. The maximum atomic E-state index is 12.8. The number of hydrogen-bond donors (Lipinski definition) is 0. The fourth-order valence-corrected chi connectivity index (χ4v) is 1.69. The normalized spacial score (nSPS) is 12.5. The van der Waals surface area contributed by atoms with Crippen molar-refractivity contribution in [2.75, 3.05) is 12.5 Å². The second-order valence-corrected chi connectivity index (χ2v) is 4.20. The van der Waals surface area contributed by atoms with Gasteiger partial charge in [0, 0.05) is 24.1 Å². The van der Waals surface area contributed by atoms with Crippen LogP contribution in [0.15, 0.2) is 18.2 Å². The molecule has 90 valence electrons. The molecule has 1 atom stereocenters. The highest BCUT2D eigenvalue weighted by Gasteiger charge is 2.04. The first-order valence-electron chi connectivity index (χ1n) is 5.26. The minimum Gasteiger partial charge on any atom is -0.493 e. The number of alkyl halides is 1.